The van der Waals surface area contributed by atoms with Crippen molar-refractivity contribution >= 4 is 0 Å². The lowest BCUT2D eigenvalue weighted by molar-refractivity contribution is 0.0832. The summed E-state index contributed by atoms with van der Waals surface area (Å²) in [6, 6.07) is 2.89. The highest BCUT2D eigenvalue weighted by Gasteiger charge is 2.23. The SMILES string of the molecule is CCCNCc1oc(CN2CCN(C)C(CC)C2)cc1C. The van der Waals surface area contributed by atoms with Crippen LogP contribution in [0.3, 0.4) is 0 Å². The van der Waals surface area contributed by atoms with Gasteiger partial charge in [-0.05, 0) is 45.0 Å². The summed E-state index contributed by atoms with van der Waals surface area (Å²) in [5.74, 6) is 2.21. The first kappa shape index (κ1) is 16.5. The molecule has 1 aromatic heterocycles. The van der Waals surface area contributed by atoms with Gasteiger partial charge in [0.2, 0.25) is 0 Å². The Hall–Kier alpha value is -0.840. The molecule has 1 aliphatic rings. The molecule has 1 unspecified atom stereocenters. The molecule has 0 aliphatic carbocycles. The maximum atomic E-state index is 6.04. The van der Waals surface area contributed by atoms with Gasteiger partial charge in [0.05, 0.1) is 13.1 Å². The number of piperazine rings is 1. The fourth-order valence-electron chi connectivity index (χ4n) is 3.04. The zero-order chi connectivity index (χ0) is 15.2. The van der Waals surface area contributed by atoms with E-state index in [2.05, 4.69) is 49.0 Å². The number of likely N-dealkylation sites (N-methyl/N-ethyl adjacent to an activating group) is 1. The van der Waals surface area contributed by atoms with Gasteiger partial charge in [-0.3, -0.25) is 4.90 Å². The Balaban J connectivity index is 1.89. The lowest BCUT2D eigenvalue weighted by Crippen LogP contribution is -2.50. The van der Waals surface area contributed by atoms with Crippen molar-refractivity contribution in [2.45, 2.75) is 52.7 Å². The van der Waals surface area contributed by atoms with Gasteiger partial charge in [0.25, 0.3) is 0 Å². The molecule has 2 heterocycles. The Labute approximate surface area is 129 Å². The summed E-state index contributed by atoms with van der Waals surface area (Å²) in [6.07, 6.45) is 2.38. The molecule has 1 aliphatic heterocycles. The third-order valence-electron chi connectivity index (χ3n) is 4.50. The van der Waals surface area contributed by atoms with E-state index in [9.17, 15) is 0 Å². The molecule has 21 heavy (non-hydrogen) atoms. The fourth-order valence-corrected chi connectivity index (χ4v) is 3.04. The van der Waals surface area contributed by atoms with Crippen LogP contribution in [-0.2, 0) is 13.1 Å². The first-order valence-corrected chi connectivity index (χ1v) is 8.35. The van der Waals surface area contributed by atoms with Gasteiger partial charge >= 0.3 is 0 Å². The van der Waals surface area contributed by atoms with Gasteiger partial charge in [-0.15, -0.1) is 0 Å². The van der Waals surface area contributed by atoms with Gasteiger partial charge in [0, 0.05) is 25.7 Å². The van der Waals surface area contributed by atoms with E-state index in [1.165, 1.54) is 12.0 Å². The number of nitrogens with zero attached hydrogens (tertiary/aromatic N) is 2. The molecule has 1 aromatic rings. The van der Waals surface area contributed by atoms with Crippen LogP contribution >= 0.6 is 0 Å². The van der Waals surface area contributed by atoms with Gasteiger partial charge in [-0.1, -0.05) is 13.8 Å². The van der Waals surface area contributed by atoms with Crippen LogP contribution in [0.25, 0.3) is 0 Å². The standard InChI is InChI=1S/C17H31N3O/c1-5-7-18-11-17-14(3)10-16(21-17)13-20-9-8-19(4)15(6-2)12-20/h10,15,18H,5-9,11-13H2,1-4H3. The fraction of sp³-hybridized carbons (Fsp3) is 0.765. The minimum absolute atomic E-state index is 0.681. The van der Waals surface area contributed by atoms with Crippen LogP contribution < -0.4 is 5.32 Å². The molecule has 0 aromatic carbocycles. The quantitative estimate of drug-likeness (QED) is 0.783. The molecule has 0 bridgehead atoms. The summed E-state index contributed by atoms with van der Waals surface area (Å²) in [5, 5.41) is 3.42. The number of furan rings is 1. The van der Waals surface area contributed by atoms with E-state index in [0.717, 1.165) is 57.2 Å². The topological polar surface area (TPSA) is 31.7 Å². The van der Waals surface area contributed by atoms with Crippen LogP contribution in [0.4, 0.5) is 0 Å². The maximum Gasteiger partial charge on any atom is 0.120 e. The zero-order valence-corrected chi connectivity index (χ0v) is 14.1. The Morgan fingerprint density at radius 1 is 1.33 bits per heavy atom. The summed E-state index contributed by atoms with van der Waals surface area (Å²) in [7, 11) is 2.24. The Kier molecular flexibility index (Phi) is 6.27. The molecule has 1 saturated heterocycles. The largest absolute Gasteiger partial charge is 0.463 e. The van der Waals surface area contributed by atoms with Gasteiger partial charge in [-0.2, -0.15) is 0 Å². The second-order valence-corrected chi connectivity index (χ2v) is 6.27. The molecule has 4 nitrogen and oxygen atoms in total. The highest BCUT2D eigenvalue weighted by molar-refractivity contribution is 5.20. The molecule has 1 N–H and O–H groups in total. The number of hydrogen-bond acceptors (Lipinski definition) is 4. The molecule has 1 atom stereocenters. The Bertz CT molecular complexity index is 430. The predicted octanol–water partition coefficient (Wildman–Crippen LogP) is 2.61. The van der Waals surface area contributed by atoms with Crippen LogP contribution in [0.2, 0.25) is 0 Å². The van der Waals surface area contributed by atoms with E-state index < -0.39 is 0 Å². The van der Waals surface area contributed by atoms with Gasteiger partial charge in [-0.25, -0.2) is 0 Å². The van der Waals surface area contributed by atoms with E-state index in [1.807, 2.05) is 0 Å². The second kappa shape index (κ2) is 7.97. The molecule has 120 valence electrons. The summed E-state index contributed by atoms with van der Waals surface area (Å²) in [4.78, 5) is 5.00. The maximum absolute atomic E-state index is 6.04. The molecule has 4 heteroatoms. The van der Waals surface area contributed by atoms with E-state index in [-0.39, 0.29) is 0 Å². The van der Waals surface area contributed by atoms with Crippen LogP contribution in [-0.4, -0.2) is 49.1 Å². The number of rotatable bonds is 7. The van der Waals surface area contributed by atoms with Crippen molar-refractivity contribution in [3.8, 4) is 0 Å². The summed E-state index contributed by atoms with van der Waals surface area (Å²) < 4.78 is 6.04. The lowest BCUT2D eigenvalue weighted by atomic mass is 10.1. The molecule has 0 amide bonds. The average Bonchev–Trinajstić information content (AvgIpc) is 2.81. The van der Waals surface area contributed by atoms with Crippen LogP contribution in [0.1, 0.15) is 43.8 Å². The summed E-state index contributed by atoms with van der Waals surface area (Å²) >= 11 is 0. The van der Waals surface area contributed by atoms with E-state index in [1.54, 1.807) is 0 Å². The van der Waals surface area contributed by atoms with Crippen LogP contribution in [0.15, 0.2) is 10.5 Å². The van der Waals surface area contributed by atoms with Crippen molar-refractivity contribution in [1.82, 2.24) is 15.1 Å². The predicted molar refractivity (Wildman–Crippen MR) is 87.4 cm³/mol. The van der Waals surface area contributed by atoms with Crippen LogP contribution in [0.5, 0.6) is 0 Å². The van der Waals surface area contributed by atoms with Crippen molar-refractivity contribution in [3.05, 3.63) is 23.2 Å². The zero-order valence-electron chi connectivity index (χ0n) is 14.1. The van der Waals surface area contributed by atoms with Crippen molar-refractivity contribution in [3.63, 3.8) is 0 Å². The van der Waals surface area contributed by atoms with Gasteiger partial charge in [0.15, 0.2) is 0 Å². The first-order chi connectivity index (χ1) is 10.1. The first-order valence-electron chi connectivity index (χ1n) is 8.35. The molecule has 0 radical (unpaired) electrons. The molecular weight excluding hydrogens is 262 g/mol. The van der Waals surface area contributed by atoms with E-state index in [0.29, 0.717) is 6.04 Å². The highest BCUT2D eigenvalue weighted by atomic mass is 16.3. The van der Waals surface area contributed by atoms with Crippen molar-refractivity contribution in [1.29, 1.82) is 0 Å². The molecular formula is C17H31N3O. The van der Waals surface area contributed by atoms with Crippen molar-refractivity contribution in [2.24, 2.45) is 0 Å². The summed E-state index contributed by atoms with van der Waals surface area (Å²) in [6.45, 7) is 12.9. The van der Waals surface area contributed by atoms with Crippen LogP contribution in [0, 0.1) is 6.92 Å². The Morgan fingerprint density at radius 2 is 2.14 bits per heavy atom. The van der Waals surface area contributed by atoms with E-state index in [4.69, 9.17) is 4.42 Å². The molecule has 0 saturated carbocycles. The number of hydrogen-bond donors (Lipinski definition) is 1. The smallest absolute Gasteiger partial charge is 0.120 e. The second-order valence-electron chi connectivity index (χ2n) is 6.27. The highest BCUT2D eigenvalue weighted by Crippen LogP contribution is 2.19. The van der Waals surface area contributed by atoms with Gasteiger partial charge < -0.3 is 14.6 Å². The van der Waals surface area contributed by atoms with Crippen molar-refractivity contribution < 1.29 is 4.42 Å². The molecule has 0 spiro atoms. The lowest BCUT2D eigenvalue weighted by Gasteiger charge is -2.38. The summed E-state index contributed by atoms with van der Waals surface area (Å²) in [5.41, 5.74) is 1.27. The number of nitrogens with one attached hydrogen (secondary N) is 1. The average molecular weight is 293 g/mol. The monoisotopic (exact) mass is 293 g/mol. The third-order valence-corrected chi connectivity index (χ3v) is 4.50. The van der Waals surface area contributed by atoms with E-state index >= 15 is 0 Å². The Morgan fingerprint density at radius 3 is 2.86 bits per heavy atom. The minimum atomic E-state index is 0.681. The molecule has 2 rings (SSSR count). The van der Waals surface area contributed by atoms with Gasteiger partial charge in [0.1, 0.15) is 11.5 Å². The third kappa shape index (κ3) is 4.56. The number of aryl methyl sites for hydroxylation is 1. The minimum Gasteiger partial charge on any atom is -0.463 e. The van der Waals surface area contributed by atoms with Crippen molar-refractivity contribution in [2.75, 3.05) is 33.2 Å². The normalized spacial score (nSPS) is 21.0. The molecule has 1 fully saturated rings.